The van der Waals surface area contributed by atoms with Gasteiger partial charge in [0.1, 0.15) is 24.7 Å². The van der Waals surface area contributed by atoms with Crippen LogP contribution in [0.3, 0.4) is 0 Å². The smallest absolute Gasteiger partial charge is 0.333 e. The van der Waals surface area contributed by atoms with Crippen LogP contribution in [0.15, 0.2) is 114 Å². The number of anilines is 2. The second-order valence-corrected chi connectivity index (χ2v) is 13.6. The number of aryl methyl sites for hydroxylation is 1. The normalized spacial score (nSPS) is 16.6. The van der Waals surface area contributed by atoms with Gasteiger partial charge in [-0.2, -0.15) is 4.98 Å². The highest BCUT2D eigenvalue weighted by atomic mass is 16.5. The first-order chi connectivity index (χ1) is 26.0. The van der Waals surface area contributed by atoms with Gasteiger partial charge in [0.2, 0.25) is 11.8 Å². The van der Waals surface area contributed by atoms with Gasteiger partial charge in [0.25, 0.3) is 0 Å². The van der Waals surface area contributed by atoms with Gasteiger partial charge in [-0.1, -0.05) is 86.6 Å². The molecule has 0 saturated carbocycles. The summed E-state index contributed by atoms with van der Waals surface area (Å²) in [7, 11) is 1.84. The van der Waals surface area contributed by atoms with Gasteiger partial charge in [-0.25, -0.2) is 9.78 Å². The summed E-state index contributed by atoms with van der Waals surface area (Å²) in [5.74, 6) is 1.62. The molecule has 2 aliphatic rings. The van der Waals surface area contributed by atoms with E-state index in [1.54, 1.807) is 15.2 Å². The molecule has 1 atom stereocenters. The lowest BCUT2D eigenvalue weighted by molar-refractivity contribution is -0.100. The van der Waals surface area contributed by atoms with Crippen LogP contribution in [0.25, 0.3) is 16.7 Å². The van der Waals surface area contributed by atoms with Gasteiger partial charge in [0, 0.05) is 38.3 Å². The van der Waals surface area contributed by atoms with Crippen LogP contribution in [0.4, 0.5) is 11.5 Å². The van der Waals surface area contributed by atoms with Crippen molar-refractivity contribution in [1.82, 2.24) is 19.1 Å². The van der Waals surface area contributed by atoms with E-state index in [0.29, 0.717) is 49.0 Å². The summed E-state index contributed by atoms with van der Waals surface area (Å²) >= 11 is 0. The molecule has 0 amide bonds. The van der Waals surface area contributed by atoms with E-state index in [-0.39, 0.29) is 11.3 Å². The summed E-state index contributed by atoms with van der Waals surface area (Å²) in [5, 5.41) is 0. The average molecular weight is 713 g/mol. The molecule has 0 bridgehead atoms. The summed E-state index contributed by atoms with van der Waals surface area (Å²) in [6, 6.07) is 33.6. The molecule has 3 aromatic carbocycles. The van der Waals surface area contributed by atoms with E-state index in [2.05, 4.69) is 22.0 Å². The Labute approximate surface area is 310 Å². The molecule has 3 aromatic heterocycles. The van der Waals surface area contributed by atoms with Crippen molar-refractivity contribution in [2.75, 3.05) is 30.3 Å². The third-order valence-corrected chi connectivity index (χ3v) is 10.4. The van der Waals surface area contributed by atoms with E-state index < -0.39 is 0 Å². The first-order valence-electron chi connectivity index (χ1n) is 18.6. The lowest BCUT2D eigenvalue weighted by Crippen LogP contribution is -2.48. The van der Waals surface area contributed by atoms with Crippen molar-refractivity contribution in [3.8, 4) is 17.4 Å². The minimum atomic E-state index is -0.172. The number of imidazole rings is 1. The molecule has 10 nitrogen and oxygen atoms in total. The molecule has 0 aliphatic carbocycles. The van der Waals surface area contributed by atoms with E-state index in [1.165, 1.54) is 5.56 Å². The van der Waals surface area contributed by atoms with E-state index in [0.717, 1.165) is 66.6 Å². The van der Waals surface area contributed by atoms with Crippen LogP contribution < -0.4 is 25.8 Å². The lowest BCUT2D eigenvalue weighted by atomic mass is 9.80. The lowest BCUT2D eigenvalue weighted by Gasteiger charge is -2.46. The van der Waals surface area contributed by atoms with Crippen molar-refractivity contribution < 1.29 is 14.2 Å². The number of piperidine rings is 1. The third-order valence-electron chi connectivity index (χ3n) is 10.4. The van der Waals surface area contributed by atoms with E-state index >= 15 is 0 Å². The van der Waals surface area contributed by atoms with Gasteiger partial charge in [-0.05, 0) is 66.6 Å². The first kappa shape index (κ1) is 35.8. The van der Waals surface area contributed by atoms with Crippen molar-refractivity contribution in [3.63, 3.8) is 0 Å². The number of hydrogen-bond acceptors (Lipinski definition) is 8. The number of fused-ring (bicyclic) bond motifs is 1. The number of rotatable bonds is 9. The van der Waals surface area contributed by atoms with Gasteiger partial charge in [-0.15, -0.1) is 0 Å². The van der Waals surface area contributed by atoms with Crippen molar-refractivity contribution in [2.24, 2.45) is 7.05 Å². The largest absolute Gasteiger partial charge is 0.473 e. The number of para-hydroxylation sites is 1. The number of hydrogen-bond donors (Lipinski definition) is 1. The fourth-order valence-electron chi connectivity index (χ4n) is 7.45. The predicted octanol–water partition coefficient (Wildman–Crippen LogP) is 7.82. The van der Waals surface area contributed by atoms with Crippen LogP contribution in [0.1, 0.15) is 62.1 Å². The maximum Gasteiger partial charge on any atom is 0.333 e. The molecular weight excluding hydrogens is 665 g/mol. The van der Waals surface area contributed by atoms with Crippen LogP contribution in [-0.4, -0.2) is 44.4 Å². The Balaban J connectivity index is 0.00000214. The molecular formula is C43H48N6O4. The third kappa shape index (κ3) is 7.64. The predicted molar refractivity (Wildman–Crippen MR) is 210 cm³/mol. The number of pyridine rings is 2. The summed E-state index contributed by atoms with van der Waals surface area (Å²) < 4.78 is 22.5. The molecule has 2 saturated heterocycles. The molecule has 10 heteroatoms. The standard InChI is InChI=1S/C41H42N6O4.C2H6/c1-45-38-33(46-23-21-41(22-24-46)20-19-32(28-51-41)31-15-17-36(42)43-25-31)13-8-14-34(38)47(40(45)48)35-16-18-37(49-26-29-9-4-2-5-10-29)44-39(35)50-27-30-11-6-3-7-12-30;1-2/h2-18,25,32H,19-24,26-28H2,1H3,(H2,42,43);1-2H3. The zero-order valence-corrected chi connectivity index (χ0v) is 30.8. The number of aromatic nitrogens is 4. The van der Waals surface area contributed by atoms with Crippen LogP contribution in [0.5, 0.6) is 11.8 Å². The van der Waals surface area contributed by atoms with Gasteiger partial charge >= 0.3 is 5.69 Å². The molecule has 8 rings (SSSR count). The molecule has 274 valence electrons. The highest BCUT2D eigenvalue weighted by Crippen LogP contribution is 2.42. The molecule has 2 fully saturated rings. The molecule has 1 spiro atoms. The molecule has 53 heavy (non-hydrogen) atoms. The monoisotopic (exact) mass is 712 g/mol. The van der Waals surface area contributed by atoms with Gasteiger partial charge < -0.3 is 24.8 Å². The second kappa shape index (κ2) is 16.0. The molecule has 1 unspecified atom stereocenters. The van der Waals surface area contributed by atoms with E-state index in [1.807, 2.05) is 112 Å². The number of ether oxygens (including phenoxy) is 3. The van der Waals surface area contributed by atoms with Crippen molar-refractivity contribution in [2.45, 2.75) is 64.3 Å². The van der Waals surface area contributed by atoms with Crippen LogP contribution >= 0.6 is 0 Å². The van der Waals surface area contributed by atoms with E-state index in [4.69, 9.17) is 24.9 Å². The quantitative estimate of drug-likeness (QED) is 0.162. The van der Waals surface area contributed by atoms with Gasteiger partial charge in [-0.3, -0.25) is 9.13 Å². The molecule has 6 aromatic rings. The van der Waals surface area contributed by atoms with E-state index in [9.17, 15) is 4.79 Å². The van der Waals surface area contributed by atoms with Crippen molar-refractivity contribution in [1.29, 1.82) is 0 Å². The van der Waals surface area contributed by atoms with Crippen LogP contribution in [0.2, 0.25) is 0 Å². The molecule has 2 aliphatic heterocycles. The summed E-state index contributed by atoms with van der Waals surface area (Å²) in [4.78, 5) is 25.6. The Hall–Kier alpha value is -5.61. The average Bonchev–Trinajstić information content (AvgIpc) is 3.47. The zero-order valence-electron chi connectivity index (χ0n) is 30.8. The van der Waals surface area contributed by atoms with Gasteiger partial charge in [0.05, 0.1) is 28.9 Å². The molecule has 2 N–H and O–H groups in total. The van der Waals surface area contributed by atoms with Crippen LogP contribution in [0, 0.1) is 0 Å². The number of nitrogens with zero attached hydrogens (tertiary/aromatic N) is 5. The van der Waals surface area contributed by atoms with Crippen molar-refractivity contribution >= 4 is 22.5 Å². The highest BCUT2D eigenvalue weighted by molar-refractivity contribution is 5.91. The van der Waals surface area contributed by atoms with Gasteiger partial charge in [0.15, 0.2) is 0 Å². The Bertz CT molecular complexity index is 2170. The van der Waals surface area contributed by atoms with Crippen LogP contribution in [-0.2, 0) is 25.0 Å². The SMILES string of the molecule is CC.Cn1c(=O)n(-c2ccc(OCc3ccccc3)nc2OCc2ccccc2)c2cccc(N3CCC4(CCC(c5ccc(N)nc5)CO4)CC3)c21. The number of nitrogen functional groups attached to an aromatic ring is 1. The zero-order chi connectivity index (χ0) is 36.8. The Morgan fingerprint density at radius 1 is 0.811 bits per heavy atom. The number of benzene rings is 3. The van der Waals surface area contributed by atoms with Crippen molar-refractivity contribution in [3.05, 3.63) is 136 Å². The molecule has 5 heterocycles. The molecule has 0 radical (unpaired) electrons. The summed E-state index contributed by atoms with van der Waals surface area (Å²) in [6.45, 7) is 7.03. The summed E-state index contributed by atoms with van der Waals surface area (Å²) in [5.41, 5.74) is 12.0. The first-order valence-corrected chi connectivity index (χ1v) is 18.6. The fourth-order valence-corrected chi connectivity index (χ4v) is 7.45. The second-order valence-electron chi connectivity index (χ2n) is 13.6. The minimum Gasteiger partial charge on any atom is -0.473 e. The Kier molecular flexibility index (Phi) is 10.8. The summed E-state index contributed by atoms with van der Waals surface area (Å²) in [6.07, 6.45) is 5.81. The highest BCUT2D eigenvalue weighted by Gasteiger charge is 2.40. The Morgan fingerprint density at radius 3 is 2.15 bits per heavy atom. The maximum absolute atomic E-state index is 14.1. The fraction of sp³-hybridized carbons (Fsp3) is 0.326. The minimum absolute atomic E-state index is 0.124. The number of nitrogens with two attached hydrogens (primary N) is 1. The topological polar surface area (TPSA) is 110 Å². The maximum atomic E-state index is 14.1. The Morgan fingerprint density at radius 2 is 1.51 bits per heavy atom.